The Kier molecular flexibility index (Phi) is 41.2. The number of anilines is 2. The second kappa shape index (κ2) is 50.6. The van der Waals surface area contributed by atoms with Gasteiger partial charge in [-0.2, -0.15) is 5.26 Å². The summed E-state index contributed by atoms with van der Waals surface area (Å²) in [4.78, 5) is 7.03. The number of alkyl halides is 1. The van der Waals surface area contributed by atoms with Gasteiger partial charge in [0.15, 0.2) is 5.69 Å². The molecular weight excluding hydrogens is 1560 g/mol. The van der Waals surface area contributed by atoms with E-state index in [9.17, 15) is 13.2 Å². The summed E-state index contributed by atoms with van der Waals surface area (Å²) in [5.74, 6) is -0.952. The summed E-state index contributed by atoms with van der Waals surface area (Å²) in [6, 6.07) is 133. The molecule has 2 aromatic heterocycles. The van der Waals surface area contributed by atoms with Crippen LogP contribution in [0.3, 0.4) is 0 Å². The van der Waals surface area contributed by atoms with Crippen LogP contribution in [0.2, 0.25) is 0 Å². The van der Waals surface area contributed by atoms with Crippen molar-refractivity contribution in [2.45, 2.75) is 0 Å². The molecule has 0 aliphatic heterocycles. The molecule has 0 radical (unpaired) electrons. The molecular formula is C86H71BrF3N7P4PdZn. The monoisotopic (exact) mass is 1630 g/mol. The zero-order chi connectivity index (χ0) is 72.8. The van der Waals surface area contributed by atoms with E-state index in [1.165, 1.54) is 69.7 Å². The second-order valence-electron chi connectivity index (χ2n) is 20.6. The Hall–Kier alpha value is -9.71. The van der Waals surface area contributed by atoms with Crippen molar-refractivity contribution in [1.82, 2.24) is 9.97 Å². The number of rotatable bonds is 12. The Morgan fingerprint density at radius 3 is 0.602 bits per heavy atom. The fourth-order valence-corrected chi connectivity index (χ4v) is 19.1. The average molecular weight is 1640 g/mol. The topological polar surface area (TPSA) is 149 Å². The van der Waals surface area contributed by atoms with E-state index < -0.39 is 50.5 Å². The normalized spacial score (nSPS) is 9.72. The number of nitrogens with two attached hydrogens (primary N) is 2. The fraction of sp³-hybridized carbons (Fsp3) is 0.0116. The van der Waals surface area contributed by atoms with E-state index in [0.29, 0.717) is 10.3 Å². The van der Waals surface area contributed by atoms with Gasteiger partial charge in [0.25, 0.3) is 0 Å². The van der Waals surface area contributed by atoms with Crippen LogP contribution in [0.5, 0.6) is 0 Å². The van der Waals surface area contributed by atoms with Gasteiger partial charge in [-0.3, -0.25) is 4.39 Å². The Bertz CT molecular complexity index is 3790. The molecule has 510 valence electrons. The maximum Gasteiger partial charge on any atom is 2.00 e. The zero-order valence-electron chi connectivity index (χ0n) is 56.9. The summed E-state index contributed by atoms with van der Waals surface area (Å²) in [6.07, 6.45) is 2.05. The number of halogens is 4. The number of nitrogen functional groups attached to an aromatic ring is 2. The summed E-state index contributed by atoms with van der Waals surface area (Å²) < 4.78 is 40.4. The van der Waals surface area contributed by atoms with Crippen LogP contribution in [0.25, 0.3) is 0 Å². The number of pyridine rings is 2. The van der Waals surface area contributed by atoms with Gasteiger partial charge in [-0.25, -0.2) is 18.7 Å². The van der Waals surface area contributed by atoms with Crippen LogP contribution >= 0.6 is 47.6 Å². The van der Waals surface area contributed by atoms with Crippen LogP contribution < -0.4 is 75.1 Å². The third-order valence-corrected chi connectivity index (χ3v) is 24.4. The Balaban J connectivity index is 0.000000263. The van der Waals surface area contributed by atoms with Gasteiger partial charge in [0, 0.05) is 32.6 Å². The molecule has 0 saturated carbocycles. The van der Waals surface area contributed by atoms with Gasteiger partial charge in [0.05, 0.1) is 32.3 Å². The molecule has 14 rings (SSSR count). The smallest absolute Gasteiger partial charge is 0.512 e. The summed E-state index contributed by atoms with van der Waals surface area (Å²) in [5, 5.41) is 37.6. The van der Waals surface area contributed by atoms with Crippen molar-refractivity contribution in [2.75, 3.05) is 18.6 Å². The van der Waals surface area contributed by atoms with Gasteiger partial charge in [-0.1, -0.05) is 364 Å². The number of hydrogen-bond acceptors (Lipinski definition) is 7. The molecule has 7 nitrogen and oxygen atoms in total. The first-order valence-corrected chi connectivity index (χ1v) is 37.3. The SMILES string of the molecule is N#Cc1ncc(F)cc1N.Nc1cc(F)cnc1Br.[2H]CF.[C-]#N.[C-]#N.[Pd].[Zn+2].c1ccc(P(c2ccccc2)c2ccccc2)cc1.c1ccc(P(c2ccccc2)c2ccccc2)cc1.c1ccc(P(c2ccccc2)c2ccccc2)cc1.c1ccc(P(c2ccccc2)c2ccccc2)cc1. The molecule has 0 aliphatic rings. The van der Waals surface area contributed by atoms with E-state index in [1.54, 1.807) is 6.07 Å². The van der Waals surface area contributed by atoms with Crippen molar-refractivity contribution < 1.29 is 54.4 Å². The predicted octanol–water partition coefficient (Wildman–Crippen LogP) is 16.8. The molecule has 0 fully saturated rings. The van der Waals surface area contributed by atoms with Gasteiger partial charge in [-0.15, -0.1) is 0 Å². The quantitative estimate of drug-likeness (QED) is 0.0535. The zero-order valence-corrected chi connectivity index (χ0v) is 65.6. The summed E-state index contributed by atoms with van der Waals surface area (Å²) in [5.41, 5.74) is 10.9. The van der Waals surface area contributed by atoms with Crippen LogP contribution in [-0.2, 0) is 39.9 Å². The molecule has 12 aromatic carbocycles. The van der Waals surface area contributed by atoms with E-state index in [-0.39, 0.29) is 51.3 Å². The molecule has 0 saturated heterocycles. The summed E-state index contributed by atoms with van der Waals surface area (Å²) in [7, 11) is -2.78. The summed E-state index contributed by atoms with van der Waals surface area (Å²) >= 11 is 3.03. The van der Waals surface area contributed by atoms with Crippen LogP contribution in [0.1, 0.15) is 7.06 Å². The molecule has 0 unspecified atom stereocenters. The number of aromatic nitrogens is 2. The van der Waals surface area contributed by atoms with Gasteiger partial charge < -0.3 is 35.1 Å². The molecule has 0 bridgehead atoms. The van der Waals surface area contributed by atoms with Crippen LogP contribution in [0.15, 0.2) is 393 Å². The molecule has 0 atom stereocenters. The predicted molar refractivity (Wildman–Crippen MR) is 427 cm³/mol. The van der Waals surface area contributed by atoms with E-state index in [1.807, 2.05) is 0 Å². The van der Waals surface area contributed by atoms with Crippen molar-refractivity contribution in [3.05, 3.63) is 424 Å². The molecule has 14 aromatic rings. The van der Waals surface area contributed by atoms with E-state index in [4.69, 9.17) is 41.8 Å². The van der Waals surface area contributed by atoms with Crippen molar-refractivity contribution >= 4 is 123 Å². The van der Waals surface area contributed by atoms with Gasteiger partial charge >= 0.3 is 19.5 Å². The Labute approximate surface area is 645 Å². The standard InChI is InChI=1S/4C18H15P.C6H4FN3.C5H4BrFN2.CH3F.2CN.Pd.Zn/c4*1-4-10-16(11-5-1)19(17-12-6-2-7-13-17)18-14-8-3-9-15-18;7-4-1-5(9)6(2-8)10-3-4;6-5-4(8)1-3(7)2-9-5;3*1-2;;/h4*1-15H;1,3H,9H2;1-2H,8H2;1H3;;;;/q;;;;;;;2*-1;;+2/i;;;;;;1D;;;;. The molecule has 4 N–H and O–H groups in total. The number of benzene rings is 12. The third kappa shape index (κ3) is 28.6. The first-order valence-electron chi connectivity index (χ1n) is 31.8. The molecule has 17 heteroatoms. The maximum absolute atomic E-state index is 12.2. The molecule has 0 spiro atoms. The minimum Gasteiger partial charge on any atom is -0.512 e. The molecule has 0 amide bonds. The van der Waals surface area contributed by atoms with E-state index in [2.05, 4.69) is 390 Å². The molecule has 0 aliphatic carbocycles. The minimum atomic E-state index is -1.00. The number of nitriles is 1. The maximum atomic E-state index is 12.2. The first kappa shape index (κ1) is 83.9. The molecule has 2 heterocycles. The molecule has 103 heavy (non-hydrogen) atoms. The number of hydrogen-bond donors (Lipinski definition) is 2. The van der Waals surface area contributed by atoms with Crippen molar-refractivity contribution in [2.24, 2.45) is 0 Å². The average Bonchev–Trinajstić information content (AvgIpc) is 0.839. The first-order chi connectivity index (χ1) is 50.1. The second-order valence-corrected chi connectivity index (χ2v) is 30.2. The fourth-order valence-electron chi connectivity index (χ4n) is 9.70. The van der Waals surface area contributed by atoms with Crippen molar-refractivity contribution in [3.8, 4) is 6.07 Å². The minimum absolute atomic E-state index is 0. The Morgan fingerprint density at radius 1 is 0.330 bits per heavy atom. The number of nitrogens with zero attached hydrogens (tertiary/aromatic N) is 5. The van der Waals surface area contributed by atoms with E-state index in [0.717, 1.165) is 18.5 Å². The van der Waals surface area contributed by atoms with Crippen LogP contribution in [0.4, 0.5) is 24.5 Å². The van der Waals surface area contributed by atoms with Crippen LogP contribution in [-0.4, -0.2) is 17.1 Å². The van der Waals surface area contributed by atoms with Crippen LogP contribution in [0, 0.1) is 46.6 Å². The largest absolute Gasteiger partial charge is 2.00 e. The van der Waals surface area contributed by atoms with Gasteiger partial charge in [0.2, 0.25) is 0 Å². The Morgan fingerprint density at radius 2 is 0.476 bits per heavy atom. The van der Waals surface area contributed by atoms with E-state index >= 15 is 0 Å². The van der Waals surface area contributed by atoms with Crippen molar-refractivity contribution in [3.63, 3.8) is 0 Å². The van der Waals surface area contributed by atoms with Gasteiger partial charge in [-0.05, 0) is 111 Å². The summed E-state index contributed by atoms with van der Waals surface area (Å²) in [6.45, 7) is 9.50. The van der Waals surface area contributed by atoms with Gasteiger partial charge in [0.1, 0.15) is 22.3 Å². The van der Waals surface area contributed by atoms with Crippen molar-refractivity contribution in [1.29, 1.82) is 15.8 Å². The third-order valence-electron chi connectivity index (χ3n) is 14.0.